The van der Waals surface area contributed by atoms with Gasteiger partial charge in [-0.3, -0.25) is 0 Å². The third kappa shape index (κ3) is 3.41. The second kappa shape index (κ2) is 6.61. The van der Waals surface area contributed by atoms with E-state index in [1.54, 1.807) is 20.8 Å². The lowest BCUT2D eigenvalue weighted by Gasteiger charge is -2.45. The highest BCUT2D eigenvalue weighted by atomic mass is 32.2. The summed E-state index contributed by atoms with van der Waals surface area (Å²) in [7, 11) is -2.58. The first kappa shape index (κ1) is 20.4. The minimum atomic E-state index is -3.89. The molecule has 2 atom stereocenters. The molecule has 2 aliphatic rings. The number of nitrogens with zero attached hydrogens (tertiary/aromatic N) is 2. The summed E-state index contributed by atoms with van der Waals surface area (Å²) < 4.78 is 47.1. The van der Waals surface area contributed by atoms with Crippen LogP contribution in [0.4, 0.5) is 14.9 Å². The number of ether oxygens (including phenoxy) is 1. The molecule has 1 saturated carbocycles. The van der Waals surface area contributed by atoms with E-state index in [0.717, 1.165) is 4.31 Å². The van der Waals surface area contributed by atoms with Crippen LogP contribution in [0.2, 0.25) is 0 Å². The molecule has 1 amide bonds. The van der Waals surface area contributed by atoms with Gasteiger partial charge in [-0.2, -0.15) is 0 Å². The van der Waals surface area contributed by atoms with Gasteiger partial charge in [0.05, 0.1) is 5.54 Å². The fourth-order valence-corrected chi connectivity index (χ4v) is 5.83. The SMILES string of the molecule is CN1/C(=N\C(=O)OC(C)(C)C)NC2(c3cc(N)ccc3F)CCCC2S1(=O)=O. The summed E-state index contributed by atoms with van der Waals surface area (Å²) in [5, 5.41) is 2.13. The van der Waals surface area contributed by atoms with Gasteiger partial charge in [-0.05, 0) is 58.2 Å². The zero-order valence-electron chi connectivity index (χ0n) is 16.3. The van der Waals surface area contributed by atoms with Crippen LogP contribution in [0.5, 0.6) is 0 Å². The molecule has 2 fully saturated rings. The first-order valence-corrected chi connectivity index (χ1v) is 10.5. The first-order chi connectivity index (χ1) is 12.9. The van der Waals surface area contributed by atoms with Crippen molar-refractivity contribution in [1.29, 1.82) is 0 Å². The van der Waals surface area contributed by atoms with Crippen LogP contribution in [0, 0.1) is 5.82 Å². The van der Waals surface area contributed by atoms with Crippen molar-refractivity contribution in [2.45, 2.75) is 56.4 Å². The highest BCUT2D eigenvalue weighted by Crippen LogP contribution is 2.47. The molecule has 1 saturated heterocycles. The number of guanidine groups is 1. The molecule has 10 heteroatoms. The summed E-state index contributed by atoms with van der Waals surface area (Å²) in [6.45, 7) is 5.03. The van der Waals surface area contributed by atoms with Crippen LogP contribution >= 0.6 is 0 Å². The Hall–Kier alpha value is -2.36. The number of rotatable bonds is 1. The summed E-state index contributed by atoms with van der Waals surface area (Å²) in [4.78, 5) is 16.0. The van der Waals surface area contributed by atoms with E-state index in [1.807, 2.05) is 0 Å². The molecule has 3 N–H and O–H groups in total. The van der Waals surface area contributed by atoms with E-state index in [2.05, 4.69) is 10.3 Å². The zero-order chi connectivity index (χ0) is 20.9. The number of hydrogen-bond acceptors (Lipinski definition) is 5. The average Bonchev–Trinajstić information content (AvgIpc) is 2.99. The number of amides is 1. The molecule has 1 heterocycles. The molecule has 8 nitrogen and oxygen atoms in total. The Bertz CT molecular complexity index is 941. The maximum absolute atomic E-state index is 14.7. The van der Waals surface area contributed by atoms with E-state index in [-0.39, 0.29) is 11.5 Å². The molecule has 154 valence electrons. The first-order valence-electron chi connectivity index (χ1n) is 9.00. The minimum absolute atomic E-state index is 0.156. The molecular formula is C18H25FN4O4S. The van der Waals surface area contributed by atoms with Crippen molar-refractivity contribution in [3.05, 3.63) is 29.6 Å². The number of aliphatic imine (C=N–C) groups is 1. The van der Waals surface area contributed by atoms with Crippen LogP contribution in [-0.4, -0.2) is 42.7 Å². The highest BCUT2D eigenvalue weighted by molar-refractivity contribution is 7.90. The van der Waals surface area contributed by atoms with Crippen molar-refractivity contribution in [3.8, 4) is 0 Å². The van der Waals surface area contributed by atoms with Crippen LogP contribution in [-0.2, 0) is 20.3 Å². The van der Waals surface area contributed by atoms with Gasteiger partial charge in [0.2, 0.25) is 16.0 Å². The Morgan fingerprint density at radius 3 is 2.75 bits per heavy atom. The van der Waals surface area contributed by atoms with Gasteiger partial charge in [-0.25, -0.2) is 21.9 Å². The van der Waals surface area contributed by atoms with Crippen LogP contribution in [0.1, 0.15) is 45.6 Å². The fraction of sp³-hybridized carbons (Fsp3) is 0.556. The number of hydrogen-bond donors (Lipinski definition) is 2. The molecule has 0 spiro atoms. The van der Waals surface area contributed by atoms with E-state index in [4.69, 9.17) is 10.5 Å². The fourth-order valence-electron chi connectivity index (χ4n) is 3.84. The molecule has 1 aromatic rings. The number of halogens is 1. The molecule has 3 rings (SSSR count). The van der Waals surface area contributed by atoms with Gasteiger partial charge >= 0.3 is 6.09 Å². The largest absolute Gasteiger partial charge is 0.442 e. The van der Waals surface area contributed by atoms with Gasteiger partial charge in [-0.1, -0.05) is 0 Å². The Balaban J connectivity index is 2.12. The van der Waals surface area contributed by atoms with Gasteiger partial charge in [0.1, 0.15) is 16.7 Å². The number of nitrogens with one attached hydrogen (secondary N) is 1. The lowest BCUT2D eigenvalue weighted by atomic mass is 9.87. The van der Waals surface area contributed by atoms with E-state index in [0.29, 0.717) is 24.9 Å². The molecule has 0 bridgehead atoms. The third-order valence-corrected chi connectivity index (χ3v) is 7.32. The van der Waals surface area contributed by atoms with E-state index >= 15 is 0 Å². The van der Waals surface area contributed by atoms with Crippen LogP contribution in [0.25, 0.3) is 0 Å². The summed E-state index contributed by atoms with van der Waals surface area (Å²) in [5.41, 5.74) is 4.26. The van der Waals surface area contributed by atoms with Crippen molar-refractivity contribution < 1.29 is 22.3 Å². The number of nitrogens with two attached hydrogens (primary N) is 1. The number of carbonyl (C=O) groups is 1. The van der Waals surface area contributed by atoms with E-state index in [9.17, 15) is 17.6 Å². The predicted molar refractivity (Wildman–Crippen MR) is 104 cm³/mol. The standard InChI is InChI=1S/C18H25FN4O4S/c1-17(2,3)27-16(24)21-15-22-18(12-10-11(20)7-8-13(12)19)9-5-6-14(18)28(25,26)23(15)4/h7-8,10,14H,5-6,9,20H2,1-4H3,(H,21,22,24). The van der Waals surface area contributed by atoms with E-state index in [1.165, 1.54) is 25.2 Å². The molecule has 1 aliphatic heterocycles. The molecule has 0 aromatic heterocycles. The molecule has 28 heavy (non-hydrogen) atoms. The maximum atomic E-state index is 14.7. The summed E-state index contributed by atoms with van der Waals surface area (Å²) in [6.07, 6.45) is 0.349. The molecular weight excluding hydrogens is 387 g/mol. The van der Waals surface area contributed by atoms with Crippen molar-refractivity contribution in [3.63, 3.8) is 0 Å². The second-order valence-corrected chi connectivity index (χ2v) is 10.3. The van der Waals surface area contributed by atoms with Crippen molar-refractivity contribution in [2.24, 2.45) is 4.99 Å². The normalized spacial score (nSPS) is 28.0. The Morgan fingerprint density at radius 1 is 1.43 bits per heavy atom. The second-order valence-electron chi connectivity index (χ2n) is 8.14. The number of fused-ring (bicyclic) bond motifs is 1. The zero-order valence-corrected chi connectivity index (χ0v) is 17.1. The monoisotopic (exact) mass is 412 g/mol. The number of nitrogen functional groups attached to an aromatic ring is 1. The Kier molecular flexibility index (Phi) is 4.81. The number of benzene rings is 1. The van der Waals surface area contributed by atoms with Gasteiger partial charge in [0, 0.05) is 18.3 Å². The van der Waals surface area contributed by atoms with Gasteiger partial charge in [0.15, 0.2) is 0 Å². The van der Waals surface area contributed by atoms with Crippen molar-refractivity contribution in [2.75, 3.05) is 12.8 Å². The Labute approximate surface area is 164 Å². The molecule has 1 aliphatic carbocycles. The van der Waals surface area contributed by atoms with Gasteiger partial charge < -0.3 is 15.8 Å². The van der Waals surface area contributed by atoms with Gasteiger partial charge in [0.25, 0.3) is 0 Å². The third-order valence-electron chi connectivity index (χ3n) is 5.02. The molecule has 0 radical (unpaired) electrons. The average molecular weight is 412 g/mol. The lowest BCUT2D eigenvalue weighted by molar-refractivity contribution is 0.0601. The predicted octanol–water partition coefficient (Wildman–Crippen LogP) is 2.31. The van der Waals surface area contributed by atoms with Crippen molar-refractivity contribution >= 4 is 27.8 Å². The molecule has 2 unspecified atom stereocenters. The summed E-state index contributed by atoms with van der Waals surface area (Å²) in [6, 6.07) is 4.07. The summed E-state index contributed by atoms with van der Waals surface area (Å²) in [5.74, 6) is -0.765. The number of carbonyl (C=O) groups excluding carboxylic acids is 1. The van der Waals surface area contributed by atoms with E-state index < -0.39 is 38.3 Å². The van der Waals surface area contributed by atoms with Crippen LogP contribution < -0.4 is 11.1 Å². The van der Waals surface area contributed by atoms with Crippen LogP contribution in [0.3, 0.4) is 0 Å². The number of sulfonamides is 1. The van der Waals surface area contributed by atoms with Crippen molar-refractivity contribution in [1.82, 2.24) is 9.62 Å². The quantitative estimate of drug-likeness (QED) is 0.684. The van der Waals surface area contributed by atoms with Gasteiger partial charge in [-0.15, -0.1) is 4.99 Å². The molecule has 1 aromatic carbocycles. The number of anilines is 1. The minimum Gasteiger partial charge on any atom is -0.442 e. The maximum Gasteiger partial charge on any atom is 0.437 e. The van der Waals surface area contributed by atoms with Crippen LogP contribution in [0.15, 0.2) is 23.2 Å². The highest BCUT2D eigenvalue weighted by Gasteiger charge is 2.58. The topological polar surface area (TPSA) is 114 Å². The smallest absolute Gasteiger partial charge is 0.437 e. The lowest BCUT2D eigenvalue weighted by Crippen LogP contribution is -2.65. The Morgan fingerprint density at radius 2 is 2.11 bits per heavy atom. The summed E-state index contributed by atoms with van der Waals surface area (Å²) >= 11 is 0.